The number of anilines is 1. The van der Waals surface area contributed by atoms with E-state index in [0.29, 0.717) is 0 Å². The molecule has 0 spiro atoms. The number of hydrogen-bond acceptors (Lipinski definition) is 3. The molecule has 2 unspecified atom stereocenters. The molecular weight excluding hydrogens is 242 g/mol. The molecule has 19 heavy (non-hydrogen) atoms. The summed E-state index contributed by atoms with van der Waals surface area (Å²) in [7, 11) is 0. The average molecular weight is 263 g/mol. The molecular formula is C15H21NO3. The van der Waals surface area contributed by atoms with Crippen molar-refractivity contribution < 1.29 is 14.6 Å². The lowest BCUT2D eigenvalue weighted by Crippen LogP contribution is -2.27. The third-order valence-electron chi connectivity index (χ3n) is 3.34. The first-order valence-corrected chi connectivity index (χ1v) is 6.85. The molecule has 2 N–H and O–H groups in total. The maximum Gasteiger partial charge on any atom is 0.253 e. The summed E-state index contributed by atoms with van der Waals surface area (Å²) in [5, 5.41) is 11.7. The molecule has 1 fully saturated rings. The van der Waals surface area contributed by atoms with Crippen LogP contribution in [0.5, 0.6) is 0 Å². The van der Waals surface area contributed by atoms with Crippen LogP contribution in [0, 0.1) is 0 Å². The Morgan fingerprint density at radius 2 is 2.32 bits per heavy atom. The number of nitrogens with one attached hydrogen (secondary N) is 1. The first kappa shape index (κ1) is 14.0. The highest BCUT2D eigenvalue weighted by molar-refractivity contribution is 5.94. The lowest BCUT2D eigenvalue weighted by molar-refractivity contribution is -0.126. The molecule has 0 bridgehead atoms. The molecule has 1 aliphatic rings. The van der Waals surface area contributed by atoms with Crippen LogP contribution in [0.4, 0.5) is 5.69 Å². The van der Waals surface area contributed by atoms with Crippen molar-refractivity contribution in [2.24, 2.45) is 0 Å². The van der Waals surface area contributed by atoms with Gasteiger partial charge in [-0.2, -0.15) is 0 Å². The molecule has 0 aromatic heterocycles. The van der Waals surface area contributed by atoms with Crippen LogP contribution >= 0.6 is 0 Å². The Bertz CT molecular complexity index is 433. The number of amides is 1. The van der Waals surface area contributed by atoms with E-state index in [1.807, 2.05) is 31.2 Å². The molecule has 104 valence electrons. The summed E-state index contributed by atoms with van der Waals surface area (Å²) in [6.45, 7) is 2.17. The van der Waals surface area contributed by atoms with Crippen LogP contribution in [-0.2, 0) is 16.0 Å². The largest absolute Gasteiger partial charge is 0.396 e. The number of rotatable bonds is 5. The molecule has 1 aromatic carbocycles. The van der Waals surface area contributed by atoms with E-state index in [9.17, 15) is 4.79 Å². The molecule has 2 rings (SSSR count). The topological polar surface area (TPSA) is 58.6 Å². The van der Waals surface area contributed by atoms with Gasteiger partial charge in [-0.15, -0.1) is 0 Å². The zero-order chi connectivity index (χ0) is 13.7. The molecule has 1 aromatic rings. The highest BCUT2D eigenvalue weighted by Gasteiger charge is 2.28. The van der Waals surface area contributed by atoms with Crippen LogP contribution in [0.1, 0.15) is 31.7 Å². The minimum atomic E-state index is -0.323. The third-order valence-corrected chi connectivity index (χ3v) is 3.34. The molecule has 0 saturated carbocycles. The molecule has 0 radical (unpaired) electrons. The van der Waals surface area contributed by atoms with Gasteiger partial charge in [0.2, 0.25) is 0 Å². The summed E-state index contributed by atoms with van der Waals surface area (Å²) in [4.78, 5) is 12.0. The van der Waals surface area contributed by atoms with Crippen molar-refractivity contribution in [2.45, 2.75) is 44.8 Å². The second-order valence-electron chi connectivity index (χ2n) is 5.03. The number of carbonyl (C=O) groups is 1. The maximum absolute atomic E-state index is 12.0. The van der Waals surface area contributed by atoms with E-state index in [4.69, 9.17) is 9.84 Å². The van der Waals surface area contributed by atoms with Crippen LogP contribution < -0.4 is 5.32 Å². The highest BCUT2D eigenvalue weighted by atomic mass is 16.5. The molecule has 2 atom stereocenters. The van der Waals surface area contributed by atoms with Gasteiger partial charge < -0.3 is 15.2 Å². The third kappa shape index (κ3) is 4.04. The van der Waals surface area contributed by atoms with Gasteiger partial charge in [0.25, 0.3) is 5.91 Å². The lowest BCUT2D eigenvalue weighted by atomic mass is 10.1. The zero-order valence-electron chi connectivity index (χ0n) is 11.3. The van der Waals surface area contributed by atoms with Gasteiger partial charge in [-0.05, 0) is 50.3 Å². The monoisotopic (exact) mass is 263 g/mol. The number of hydrogen-bond donors (Lipinski definition) is 2. The van der Waals surface area contributed by atoms with Gasteiger partial charge in [-0.25, -0.2) is 0 Å². The molecule has 4 heteroatoms. The van der Waals surface area contributed by atoms with E-state index in [2.05, 4.69) is 5.32 Å². The summed E-state index contributed by atoms with van der Waals surface area (Å²) < 4.78 is 5.55. The fourth-order valence-electron chi connectivity index (χ4n) is 2.31. The van der Waals surface area contributed by atoms with Crippen molar-refractivity contribution in [2.75, 3.05) is 11.9 Å². The number of ether oxygens (including phenoxy) is 1. The van der Waals surface area contributed by atoms with Gasteiger partial charge in [0.1, 0.15) is 6.10 Å². The smallest absolute Gasteiger partial charge is 0.253 e. The Hall–Kier alpha value is -1.39. The quantitative estimate of drug-likeness (QED) is 0.855. The summed E-state index contributed by atoms with van der Waals surface area (Å²) >= 11 is 0. The summed E-state index contributed by atoms with van der Waals surface area (Å²) in [5.74, 6) is -0.0661. The number of aryl methyl sites for hydroxylation is 1. The van der Waals surface area contributed by atoms with Gasteiger partial charge in [0, 0.05) is 12.3 Å². The van der Waals surface area contributed by atoms with Crippen LogP contribution in [0.25, 0.3) is 0 Å². The second kappa shape index (κ2) is 6.68. The minimum Gasteiger partial charge on any atom is -0.396 e. The summed E-state index contributed by atoms with van der Waals surface area (Å²) in [5.41, 5.74) is 1.91. The van der Waals surface area contributed by atoms with Crippen LogP contribution in [-0.4, -0.2) is 29.8 Å². The van der Waals surface area contributed by atoms with Gasteiger partial charge in [0.05, 0.1) is 6.10 Å². The number of aliphatic hydroxyl groups is 1. The van der Waals surface area contributed by atoms with Gasteiger partial charge in [0.15, 0.2) is 0 Å². The van der Waals surface area contributed by atoms with E-state index >= 15 is 0 Å². The maximum atomic E-state index is 12.0. The summed E-state index contributed by atoms with van der Waals surface area (Å²) in [6, 6.07) is 7.74. The molecule has 1 saturated heterocycles. The van der Waals surface area contributed by atoms with Crippen molar-refractivity contribution in [3.63, 3.8) is 0 Å². The van der Waals surface area contributed by atoms with Crippen molar-refractivity contribution >= 4 is 11.6 Å². The Balaban J connectivity index is 1.93. The predicted molar refractivity (Wildman–Crippen MR) is 74.0 cm³/mol. The van der Waals surface area contributed by atoms with Crippen molar-refractivity contribution in [1.82, 2.24) is 0 Å². The second-order valence-corrected chi connectivity index (χ2v) is 5.03. The molecule has 1 amide bonds. The molecule has 4 nitrogen and oxygen atoms in total. The standard InChI is InChI=1S/C15H21NO3/c1-11-7-8-14(19-11)15(18)16-13-6-2-4-12(10-13)5-3-9-17/h2,4,6,10-11,14,17H,3,5,7-9H2,1H3,(H,16,18). The van der Waals surface area contributed by atoms with Crippen LogP contribution in [0.2, 0.25) is 0 Å². The molecule has 1 heterocycles. The van der Waals surface area contributed by atoms with Crippen molar-refractivity contribution in [3.05, 3.63) is 29.8 Å². The Morgan fingerprint density at radius 1 is 1.47 bits per heavy atom. The minimum absolute atomic E-state index is 0.0661. The van der Waals surface area contributed by atoms with Gasteiger partial charge >= 0.3 is 0 Å². The number of benzene rings is 1. The normalized spacial score (nSPS) is 22.4. The highest BCUT2D eigenvalue weighted by Crippen LogP contribution is 2.21. The number of carbonyl (C=O) groups excluding carboxylic acids is 1. The predicted octanol–water partition coefficient (Wildman–Crippen LogP) is 2.12. The number of aliphatic hydroxyl groups excluding tert-OH is 1. The molecule has 0 aliphatic carbocycles. The van der Waals surface area contributed by atoms with Gasteiger partial charge in [-0.1, -0.05) is 12.1 Å². The fourth-order valence-corrected chi connectivity index (χ4v) is 2.31. The Morgan fingerprint density at radius 3 is 3.00 bits per heavy atom. The Kier molecular flexibility index (Phi) is 4.93. The van der Waals surface area contributed by atoms with E-state index in [0.717, 1.165) is 36.9 Å². The zero-order valence-corrected chi connectivity index (χ0v) is 11.3. The fraction of sp³-hybridized carbons (Fsp3) is 0.533. The van der Waals surface area contributed by atoms with Crippen molar-refractivity contribution in [1.29, 1.82) is 0 Å². The van der Waals surface area contributed by atoms with E-state index in [1.165, 1.54) is 0 Å². The Labute approximate surface area is 113 Å². The SMILES string of the molecule is CC1CCC(C(=O)Nc2cccc(CCCO)c2)O1. The van der Waals surface area contributed by atoms with Crippen molar-refractivity contribution in [3.8, 4) is 0 Å². The van der Waals surface area contributed by atoms with Crippen LogP contribution in [0.15, 0.2) is 24.3 Å². The summed E-state index contributed by atoms with van der Waals surface area (Å²) in [6.07, 6.45) is 3.13. The van der Waals surface area contributed by atoms with E-state index < -0.39 is 0 Å². The first-order chi connectivity index (χ1) is 9.19. The van der Waals surface area contributed by atoms with E-state index in [-0.39, 0.29) is 24.7 Å². The average Bonchev–Trinajstić information content (AvgIpc) is 2.83. The van der Waals surface area contributed by atoms with Crippen LogP contribution in [0.3, 0.4) is 0 Å². The first-order valence-electron chi connectivity index (χ1n) is 6.85. The van der Waals surface area contributed by atoms with Gasteiger partial charge in [-0.3, -0.25) is 4.79 Å². The van der Waals surface area contributed by atoms with E-state index in [1.54, 1.807) is 0 Å². The lowest BCUT2D eigenvalue weighted by Gasteiger charge is -2.12. The molecule has 1 aliphatic heterocycles.